The molecule has 2 spiro atoms. The van der Waals surface area contributed by atoms with Gasteiger partial charge in [-0.15, -0.1) is 0 Å². The average Bonchev–Trinajstić information content (AvgIpc) is 3.16. The first-order valence-electron chi connectivity index (χ1n) is 9.00. The molecule has 0 amide bonds. The molecule has 2 aliphatic carbocycles. The van der Waals surface area contributed by atoms with Gasteiger partial charge in [0, 0.05) is 18.1 Å². The topological polar surface area (TPSA) is 102 Å². The maximum atomic E-state index is 12.3. The molecule has 1 saturated carbocycles. The zero-order chi connectivity index (χ0) is 18.6. The van der Waals surface area contributed by atoms with Crippen molar-refractivity contribution in [1.82, 2.24) is 0 Å². The summed E-state index contributed by atoms with van der Waals surface area (Å²) in [4.78, 5) is 24.0. The fourth-order valence-electron chi connectivity index (χ4n) is 6.19. The molecule has 3 heterocycles. The summed E-state index contributed by atoms with van der Waals surface area (Å²) < 4.78 is 16.8. The molecule has 7 heteroatoms. The van der Waals surface area contributed by atoms with E-state index in [-0.39, 0.29) is 17.8 Å². The van der Waals surface area contributed by atoms with Crippen LogP contribution in [0.1, 0.15) is 33.6 Å². The summed E-state index contributed by atoms with van der Waals surface area (Å²) in [5.41, 5.74) is -1.74. The molecule has 0 aromatic rings. The number of ether oxygens (including phenoxy) is 3. The van der Waals surface area contributed by atoms with Crippen LogP contribution in [-0.2, 0) is 23.8 Å². The van der Waals surface area contributed by atoms with E-state index in [2.05, 4.69) is 0 Å². The zero-order valence-electron chi connectivity index (χ0n) is 14.9. The third-order valence-corrected chi connectivity index (χ3v) is 7.10. The molecule has 2 saturated heterocycles. The van der Waals surface area contributed by atoms with E-state index in [1.807, 2.05) is 20.8 Å². The fourth-order valence-corrected chi connectivity index (χ4v) is 6.19. The molecule has 0 unspecified atom stereocenters. The van der Waals surface area contributed by atoms with E-state index < -0.39 is 47.4 Å². The van der Waals surface area contributed by atoms with Crippen molar-refractivity contribution in [2.45, 2.75) is 58.2 Å². The van der Waals surface area contributed by atoms with Gasteiger partial charge in [0.2, 0.25) is 0 Å². The molecule has 140 valence electrons. The smallest absolute Gasteiger partial charge is 0.339 e. The van der Waals surface area contributed by atoms with E-state index in [0.717, 1.165) is 0 Å². The van der Waals surface area contributed by atoms with E-state index in [9.17, 15) is 19.8 Å². The number of carbonyl (C=O) groups excluding carboxylic acids is 2. The Labute approximate surface area is 150 Å². The van der Waals surface area contributed by atoms with Crippen molar-refractivity contribution in [2.24, 2.45) is 22.2 Å². The van der Waals surface area contributed by atoms with Gasteiger partial charge in [-0.1, -0.05) is 20.8 Å². The van der Waals surface area contributed by atoms with Gasteiger partial charge < -0.3 is 24.4 Å². The molecule has 3 aliphatic heterocycles. The minimum atomic E-state index is -1.40. The maximum absolute atomic E-state index is 12.3. The predicted molar refractivity (Wildman–Crippen MR) is 86.1 cm³/mol. The van der Waals surface area contributed by atoms with Crippen molar-refractivity contribution in [3.05, 3.63) is 23.5 Å². The van der Waals surface area contributed by atoms with Crippen molar-refractivity contribution in [1.29, 1.82) is 0 Å². The number of carbonyl (C=O) groups is 2. The highest BCUT2D eigenvalue weighted by atomic mass is 16.7. The molecule has 7 atom stereocenters. The van der Waals surface area contributed by atoms with Crippen molar-refractivity contribution in [3.63, 3.8) is 0 Å². The molecule has 0 radical (unpaired) electrons. The second-order valence-corrected chi connectivity index (χ2v) is 9.15. The molecule has 0 bridgehead atoms. The van der Waals surface area contributed by atoms with Crippen LogP contribution in [0.4, 0.5) is 0 Å². The van der Waals surface area contributed by atoms with Gasteiger partial charge in [0.05, 0.1) is 16.9 Å². The fraction of sp³-hybridized carbons (Fsp3) is 0.684. The molecular weight excluding hydrogens is 340 g/mol. The number of hydrogen-bond acceptors (Lipinski definition) is 7. The van der Waals surface area contributed by atoms with Gasteiger partial charge in [-0.3, -0.25) is 0 Å². The largest absolute Gasteiger partial charge is 0.458 e. The van der Waals surface area contributed by atoms with Crippen molar-refractivity contribution in [2.75, 3.05) is 0 Å². The Bertz CT molecular complexity index is 790. The molecule has 0 aromatic carbocycles. The molecule has 26 heavy (non-hydrogen) atoms. The van der Waals surface area contributed by atoms with Gasteiger partial charge in [-0.2, -0.15) is 0 Å². The summed E-state index contributed by atoms with van der Waals surface area (Å²) in [5.74, 6) is -0.886. The van der Waals surface area contributed by atoms with Crippen molar-refractivity contribution < 1.29 is 34.0 Å². The minimum absolute atomic E-state index is 0.218. The summed E-state index contributed by atoms with van der Waals surface area (Å²) in [6.07, 6.45) is 0.112. The number of rotatable bonds is 0. The van der Waals surface area contributed by atoms with E-state index in [4.69, 9.17) is 14.2 Å². The van der Waals surface area contributed by atoms with Crippen LogP contribution in [-0.4, -0.2) is 46.8 Å². The number of fused-ring (bicyclic) bond motifs is 1. The van der Waals surface area contributed by atoms with Crippen molar-refractivity contribution >= 4 is 11.9 Å². The molecule has 2 N–H and O–H groups in total. The average molecular weight is 362 g/mol. The van der Waals surface area contributed by atoms with Crippen LogP contribution in [0.2, 0.25) is 0 Å². The summed E-state index contributed by atoms with van der Waals surface area (Å²) in [5, 5.41) is 22.2. The Morgan fingerprint density at radius 2 is 1.85 bits per heavy atom. The minimum Gasteiger partial charge on any atom is -0.458 e. The lowest BCUT2D eigenvalue weighted by Crippen LogP contribution is -2.56. The van der Waals surface area contributed by atoms with Gasteiger partial charge in [0.1, 0.15) is 11.9 Å². The normalized spacial score (nSPS) is 48.6. The number of esters is 2. The number of aliphatic hydroxyl groups is 2. The first-order valence-corrected chi connectivity index (χ1v) is 9.00. The molecule has 0 aromatic heterocycles. The van der Waals surface area contributed by atoms with E-state index >= 15 is 0 Å². The zero-order valence-corrected chi connectivity index (χ0v) is 14.9. The quantitative estimate of drug-likeness (QED) is 0.615. The summed E-state index contributed by atoms with van der Waals surface area (Å²) in [6, 6.07) is 0. The Hall–Kier alpha value is -1.86. The molecular formula is C19H22O7. The SMILES string of the molecule is CC(C)(C)[C@H]1C[C@@H](O)[C@@]23C[C@@H]4OC(=O)C=C4C=C2O[C@@H]2OC(=O)[C@H](O)[C@]213. The summed E-state index contributed by atoms with van der Waals surface area (Å²) in [6.45, 7) is 6.07. The second-order valence-electron chi connectivity index (χ2n) is 9.15. The highest BCUT2D eigenvalue weighted by Crippen LogP contribution is 2.76. The number of aliphatic hydroxyl groups excluding tert-OH is 2. The second kappa shape index (κ2) is 4.51. The van der Waals surface area contributed by atoms with Gasteiger partial charge in [-0.05, 0) is 23.8 Å². The van der Waals surface area contributed by atoms with Gasteiger partial charge in [-0.25, -0.2) is 9.59 Å². The standard InChI is InChI=1S/C19H22O7/c1-17(2,3)10-6-11(20)18-7-9-8(5-13(21)24-9)4-12(18)25-16-19(10,18)14(22)15(23)26-16/h4-5,9-11,14,16,20,22H,6-7H2,1-3H3/t9-,10+,11+,14-,16+,18-,19-/m0/s1. The van der Waals surface area contributed by atoms with Gasteiger partial charge in [0.15, 0.2) is 6.10 Å². The molecule has 5 rings (SSSR count). The van der Waals surface area contributed by atoms with Crippen LogP contribution < -0.4 is 0 Å². The third-order valence-electron chi connectivity index (χ3n) is 7.10. The lowest BCUT2D eigenvalue weighted by atomic mass is 9.52. The van der Waals surface area contributed by atoms with Crippen LogP contribution in [0.15, 0.2) is 23.5 Å². The molecule has 7 nitrogen and oxygen atoms in total. The van der Waals surface area contributed by atoms with Crippen molar-refractivity contribution in [3.8, 4) is 0 Å². The van der Waals surface area contributed by atoms with E-state index in [1.54, 1.807) is 6.08 Å². The predicted octanol–water partition coefficient (Wildman–Crippen LogP) is 0.799. The van der Waals surface area contributed by atoms with Gasteiger partial charge in [0.25, 0.3) is 6.29 Å². The Balaban J connectivity index is 1.76. The van der Waals surface area contributed by atoms with E-state index in [1.165, 1.54) is 6.08 Å². The first-order chi connectivity index (χ1) is 12.1. The first kappa shape index (κ1) is 16.3. The maximum Gasteiger partial charge on any atom is 0.339 e. The van der Waals surface area contributed by atoms with Gasteiger partial charge >= 0.3 is 11.9 Å². The van der Waals surface area contributed by atoms with Crippen LogP contribution >= 0.6 is 0 Å². The van der Waals surface area contributed by atoms with Crippen LogP contribution in [0.5, 0.6) is 0 Å². The lowest BCUT2D eigenvalue weighted by molar-refractivity contribution is -0.161. The molecule has 3 fully saturated rings. The Morgan fingerprint density at radius 3 is 2.54 bits per heavy atom. The summed E-state index contributed by atoms with van der Waals surface area (Å²) in [7, 11) is 0. The lowest BCUT2D eigenvalue weighted by Gasteiger charge is -2.47. The highest BCUT2D eigenvalue weighted by molar-refractivity contribution is 5.87. The monoisotopic (exact) mass is 362 g/mol. The third kappa shape index (κ3) is 1.54. The van der Waals surface area contributed by atoms with Crippen LogP contribution in [0, 0.1) is 22.2 Å². The van der Waals surface area contributed by atoms with E-state index in [0.29, 0.717) is 17.8 Å². The Kier molecular flexibility index (Phi) is 2.83. The molecule has 5 aliphatic rings. The van der Waals surface area contributed by atoms with Crippen LogP contribution in [0.3, 0.4) is 0 Å². The number of hydrogen-bond donors (Lipinski definition) is 2. The summed E-state index contributed by atoms with van der Waals surface area (Å²) >= 11 is 0. The highest BCUT2D eigenvalue weighted by Gasteiger charge is 2.84. The Morgan fingerprint density at radius 1 is 1.12 bits per heavy atom. The van der Waals surface area contributed by atoms with Crippen LogP contribution in [0.25, 0.3) is 0 Å².